The summed E-state index contributed by atoms with van der Waals surface area (Å²) in [7, 11) is -3.66. The molecule has 1 unspecified atom stereocenters. The van der Waals surface area contributed by atoms with Gasteiger partial charge in [0.15, 0.2) is 0 Å². The Bertz CT molecular complexity index is 832. The van der Waals surface area contributed by atoms with Crippen molar-refractivity contribution in [3.05, 3.63) is 47.0 Å². The quantitative estimate of drug-likeness (QED) is 0.826. The van der Waals surface area contributed by atoms with E-state index in [2.05, 4.69) is 4.98 Å². The third kappa shape index (κ3) is 3.10. The molecule has 2 heterocycles. The molecule has 2 aromatic rings. The SMILES string of the molecule is CCn1ccnc1C1CCCCN1S(=O)(=O)c1ccc(C)cc1Cl. The van der Waals surface area contributed by atoms with Crippen molar-refractivity contribution in [2.75, 3.05) is 6.54 Å². The Hall–Kier alpha value is -1.37. The van der Waals surface area contributed by atoms with Gasteiger partial charge in [0.1, 0.15) is 10.7 Å². The molecule has 1 aromatic carbocycles. The van der Waals surface area contributed by atoms with Crippen LogP contribution in [0.15, 0.2) is 35.5 Å². The second-order valence-corrected chi connectivity index (χ2v) is 8.40. The van der Waals surface area contributed by atoms with Crippen molar-refractivity contribution in [3.63, 3.8) is 0 Å². The number of sulfonamides is 1. The molecule has 1 aliphatic rings. The summed E-state index contributed by atoms with van der Waals surface area (Å²) in [5.74, 6) is 0.809. The van der Waals surface area contributed by atoms with Crippen molar-refractivity contribution in [2.45, 2.75) is 50.6 Å². The van der Waals surface area contributed by atoms with Crippen LogP contribution < -0.4 is 0 Å². The Morgan fingerprint density at radius 3 is 2.83 bits per heavy atom. The molecule has 1 saturated heterocycles. The molecule has 3 rings (SSSR count). The highest BCUT2D eigenvalue weighted by Crippen LogP contribution is 2.36. The molecule has 130 valence electrons. The molecule has 0 N–H and O–H groups in total. The number of aromatic nitrogens is 2. The van der Waals surface area contributed by atoms with Crippen molar-refractivity contribution in [1.29, 1.82) is 0 Å². The van der Waals surface area contributed by atoms with Crippen LogP contribution in [0.3, 0.4) is 0 Å². The van der Waals surface area contributed by atoms with Crippen LogP contribution in [0.2, 0.25) is 5.02 Å². The molecule has 0 bridgehead atoms. The number of benzene rings is 1. The zero-order chi connectivity index (χ0) is 17.3. The molecule has 0 radical (unpaired) electrons. The van der Waals surface area contributed by atoms with Gasteiger partial charge < -0.3 is 4.57 Å². The molecular formula is C17H22ClN3O2S. The second kappa shape index (κ2) is 6.86. The van der Waals surface area contributed by atoms with Crippen LogP contribution >= 0.6 is 11.6 Å². The number of halogens is 1. The average molecular weight is 368 g/mol. The van der Waals surface area contributed by atoms with Crippen molar-refractivity contribution < 1.29 is 8.42 Å². The van der Waals surface area contributed by atoms with Gasteiger partial charge in [-0.3, -0.25) is 0 Å². The minimum atomic E-state index is -3.66. The molecule has 0 amide bonds. The van der Waals surface area contributed by atoms with Crippen LogP contribution in [0.5, 0.6) is 0 Å². The summed E-state index contributed by atoms with van der Waals surface area (Å²) in [5, 5.41) is 0.276. The van der Waals surface area contributed by atoms with Gasteiger partial charge in [-0.15, -0.1) is 0 Å². The van der Waals surface area contributed by atoms with Gasteiger partial charge >= 0.3 is 0 Å². The van der Waals surface area contributed by atoms with Gasteiger partial charge in [-0.1, -0.05) is 24.1 Å². The highest BCUT2D eigenvalue weighted by Gasteiger charge is 2.37. The maximum atomic E-state index is 13.2. The van der Waals surface area contributed by atoms with Crippen LogP contribution in [0.25, 0.3) is 0 Å². The van der Waals surface area contributed by atoms with Crippen molar-refractivity contribution in [3.8, 4) is 0 Å². The highest BCUT2D eigenvalue weighted by molar-refractivity contribution is 7.89. The molecule has 1 fully saturated rings. The van der Waals surface area contributed by atoms with Gasteiger partial charge in [-0.05, 0) is 44.4 Å². The van der Waals surface area contributed by atoms with Crippen LogP contribution in [-0.4, -0.2) is 28.8 Å². The molecule has 1 atom stereocenters. The number of imidazole rings is 1. The van der Waals surface area contributed by atoms with Crippen LogP contribution in [0.4, 0.5) is 0 Å². The zero-order valence-electron chi connectivity index (χ0n) is 13.9. The smallest absolute Gasteiger partial charge is 0.245 e. The Morgan fingerprint density at radius 2 is 2.12 bits per heavy atom. The second-order valence-electron chi connectivity index (χ2n) is 6.13. The summed E-state index contributed by atoms with van der Waals surface area (Å²) >= 11 is 6.24. The number of nitrogens with zero attached hydrogens (tertiary/aromatic N) is 3. The van der Waals surface area contributed by atoms with Crippen LogP contribution in [0.1, 0.15) is 43.6 Å². The van der Waals surface area contributed by atoms with Crippen molar-refractivity contribution >= 4 is 21.6 Å². The number of hydrogen-bond donors (Lipinski definition) is 0. The Morgan fingerprint density at radius 1 is 1.33 bits per heavy atom. The van der Waals surface area contributed by atoms with Crippen LogP contribution in [-0.2, 0) is 16.6 Å². The summed E-state index contributed by atoms with van der Waals surface area (Å²) in [6, 6.07) is 4.84. The summed E-state index contributed by atoms with van der Waals surface area (Å²) < 4.78 is 30.0. The van der Waals surface area contributed by atoms with E-state index in [0.29, 0.717) is 6.54 Å². The van der Waals surface area contributed by atoms with E-state index in [1.54, 1.807) is 28.7 Å². The standard InChI is InChI=1S/C17H22ClN3O2S/c1-3-20-11-9-19-17(20)15-6-4-5-10-21(15)24(22,23)16-8-7-13(2)12-14(16)18/h7-9,11-12,15H,3-6,10H2,1-2H3. The van der Waals surface area contributed by atoms with Gasteiger partial charge in [0.05, 0.1) is 11.1 Å². The fourth-order valence-electron chi connectivity index (χ4n) is 3.28. The molecule has 0 saturated carbocycles. The summed E-state index contributed by atoms with van der Waals surface area (Å²) in [6.45, 7) is 5.19. The van der Waals surface area contributed by atoms with E-state index in [4.69, 9.17) is 11.6 Å². The number of piperidine rings is 1. The Balaban J connectivity index is 2.04. The predicted molar refractivity (Wildman–Crippen MR) is 94.6 cm³/mol. The van der Waals surface area contributed by atoms with E-state index in [-0.39, 0.29) is 16.0 Å². The lowest BCUT2D eigenvalue weighted by atomic mass is 10.0. The molecule has 0 aliphatic carbocycles. The number of aryl methyl sites for hydroxylation is 2. The molecule has 1 aliphatic heterocycles. The number of rotatable bonds is 4. The highest BCUT2D eigenvalue weighted by atomic mass is 35.5. The van der Waals surface area contributed by atoms with E-state index in [1.165, 1.54) is 0 Å². The minimum absolute atomic E-state index is 0.177. The van der Waals surface area contributed by atoms with Crippen molar-refractivity contribution in [2.24, 2.45) is 0 Å². The van der Waals surface area contributed by atoms with Crippen molar-refractivity contribution in [1.82, 2.24) is 13.9 Å². The fourth-order valence-corrected chi connectivity index (χ4v) is 5.51. The summed E-state index contributed by atoms with van der Waals surface area (Å²) in [4.78, 5) is 4.61. The first-order valence-corrected chi connectivity index (χ1v) is 10.1. The molecular weight excluding hydrogens is 346 g/mol. The Labute approximate surface area is 148 Å². The topological polar surface area (TPSA) is 55.2 Å². The van der Waals surface area contributed by atoms with Gasteiger partial charge in [-0.25, -0.2) is 13.4 Å². The molecule has 0 spiro atoms. The third-order valence-electron chi connectivity index (χ3n) is 4.51. The lowest BCUT2D eigenvalue weighted by Crippen LogP contribution is -2.39. The first-order chi connectivity index (χ1) is 11.4. The van der Waals surface area contributed by atoms with E-state index >= 15 is 0 Å². The first-order valence-electron chi connectivity index (χ1n) is 8.24. The predicted octanol–water partition coefficient (Wildman–Crippen LogP) is 3.78. The normalized spacial score (nSPS) is 19.5. The van der Waals surface area contributed by atoms with E-state index < -0.39 is 10.0 Å². The lowest BCUT2D eigenvalue weighted by Gasteiger charge is -2.34. The molecule has 5 nitrogen and oxygen atoms in total. The van der Waals surface area contributed by atoms with E-state index in [9.17, 15) is 8.42 Å². The molecule has 24 heavy (non-hydrogen) atoms. The minimum Gasteiger partial charge on any atom is -0.334 e. The average Bonchev–Trinajstić information content (AvgIpc) is 3.03. The first kappa shape index (κ1) is 17.5. The maximum absolute atomic E-state index is 13.2. The van der Waals surface area contributed by atoms with E-state index in [0.717, 1.165) is 37.2 Å². The lowest BCUT2D eigenvalue weighted by molar-refractivity contribution is 0.241. The largest absolute Gasteiger partial charge is 0.334 e. The monoisotopic (exact) mass is 367 g/mol. The third-order valence-corrected chi connectivity index (χ3v) is 6.91. The summed E-state index contributed by atoms with van der Waals surface area (Å²) in [5.41, 5.74) is 0.940. The fraction of sp³-hybridized carbons (Fsp3) is 0.471. The Kier molecular flexibility index (Phi) is 4.99. The van der Waals surface area contributed by atoms with Gasteiger partial charge in [0.25, 0.3) is 0 Å². The molecule has 1 aromatic heterocycles. The van der Waals surface area contributed by atoms with Gasteiger partial charge in [-0.2, -0.15) is 4.31 Å². The van der Waals surface area contributed by atoms with Gasteiger partial charge in [0.2, 0.25) is 10.0 Å². The van der Waals surface area contributed by atoms with E-state index in [1.807, 2.05) is 24.6 Å². The summed E-state index contributed by atoms with van der Waals surface area (Å²) in [6.07, 6.45) is 6.26. The number of hydrogen-bond acceptors (Lipinski definition) is 3. The zero-order valence-corrected chi connectivity index (χ0v) is 15.5. The van der Waals surface area contributed by atoms with Gasteiger partial charge in [0, 0.05) is 25.5 Å². The molecule has 7 heteroatoms. The van der Waals surface area contributed by atoms with Crippen LogP contribution in [0, 0.1) is 6.92 Å². The maximum Gasteiger partial charge on any atom is 0.245 e.